The zero-order valence-corrected chi connectivity index (χ0v) is 43.5. The first-order valence-electron chi connectivity index (χ1n) is 25.5. The Labute approximate surface area is 414 Å². The topological polar surface area (TPSA) is 278 Å². The number of epoxide rings is 1. The standard InChI is InChI=1S/C49H83N3O16P2/c1-4-6-7-8-9-10-11-12-16-19-22-25-29-40-41(66-40)30-27-32-45(54)65-39(35-62-44(53)31-26-23-20-17-14-13-15-18-21-24-28-38(3)5-2)36-63-69(58,59)68-70(60,61)64-37-42-46(55)47(56)48(67-42)52-34-33-43(50)51-49(52)57/h9-10,12,16,22,25,33-34,38-42,46-48,55-56H,4-8,11,13-15,17-21,23-24,26-32,35-37H2,1-3H3,(H,58,59)(H,60,61)(H2,50,51,57)/b10-9-,16-12-,25-22-/t38?,39-,40?,41?,42-,46-,47-,48-/m1/s1. The highest BCUT2D eigenvalue weighted by Crippen LogP contribution is 2.60. The lowest BCUT2D eigenvalue weighted by atomic mass is 9.99. The Morgan fingerprint density at radius 2 is 1.40 bits per heavy atom. The molecule has 0 radical (unpaired) electrons. The number of aromatic nitrogens is 2. The van der Waals surface area contributed by atoms with Crippen LogP contribution in [0, 0.1) is 5.92 Å². The van der Waals surface area contributed by atoms with E-state index in [9.17, 15) is 43.5 Å². The summed E-state index contributed by atoms with van der Waals surface area (Å²) in [7, 11) is -10.9. The second-order valence-electron chi connectivity index (χ2n) is 18.3. The molecule has 5 unspecified atom stereocenters. The summed E-state index contributed by atoms with van der Waals surface area (Å²) >= 11 is 0. The number of phosphoric acid groups is 2. The van der Waals surface area contributed by atoms with Gasteiger partial charge in [0.05, 0.1) is 25.4 Å². The number of carbonyl (C=O) groups is 2. The summed E-state index contributed by atoms with van der Waals surface area (Å²) in [5, 5.41) is 20.9. The van der Waals surface area contributed by atoms with E-state index >= 15 is 0 Å². The Bertz CT molecular complexity index is 1900. The highest BCUT2D eigenvalue weighted by atomic mass is 31.3. The monoisotopic (exact) mass is 1030 g/mol. The van der Waals surface area contributed by atoms with E-state index < -0.39 is 83.7 Å². The number of aliphatic hydroxyl groups is 2. The van der Waals surface area contributed by atoms with Gasteiger partial charge < -0.3 is 44.7 Å². The zero-order valence-electron chi connectivity index (χ0n) is 41.7. The van der Waals surface area contributed by atoms with Crippen molar-refractivity contribution in [2.45, 2.75) is 211 Å². The van der Waals surface area contributed by atoms with Gasteiger partial charge in [0.1, 0.15) is 30.7 Å². The molecule has 19 nitrogen and oxygen atoms in total. The van der Waals surface area contributed by atoms with Crippen LogP contribution in [0.4, 0.5) is 5.82 Å². The van der Waals surface area contributed by atoms with E-state index in [1.165, 1.54) is 70.3 Å². The molecule has 21 heteroatoms. The van der Waals surface area contributed by atoms with Crippen molar-refractivity contribution in [2.24, 2.45) is 5.92 Å². The molecule has 0 aliphatic carbocycles. The SMILES string of the molecule is CCCCC/C=C\C/C=C\C/C=C\CC1OC1CCCC(=O)O[C@H](COC(=O)CCCCCCCCCCCCC(C)CC)COP(=O)(O)OP(=O)(O)OC[C@H]1O[C@@H](n2ccc(N)nc2=O)[C@H](O)[C@@H]1O. The fraction of sp³-hybridized carbons (Fsp3) is 0.755. The molecule has 400 valence electrons. The Morgan fingerprint density at radius 1 is 0.771 bits per heavy atom. The Hall–Kier alpha value is -3.06. The number of hydrogen-bond acceptors (Lipinski definition) is 16. The number of nitrogen functional groups attached to an aromatic ring is 1. The predicted octanol–water partition coefficient (Wildman–Crippen LogP) is 9.23. The molecule has 0 saturated carbocycles. The van der Waals surface area contributed by atoms with E-state index in [0.717, 1.165) is 68.0 Å². The van der Waals surface area contributed by atoms with Crippen LogP contribution >= 0.6 is 15.6 Å². The van der Waals surface area contributed by atoms with Gasteiger partial charge in [-0.1, -0.05) is 141 Å². The van der Waals surface area contributed by atoms with Gasteiger partial charge in [0, 0.05) is 19.0 Å². The van der Waals surface area contributed by atoms with Crippen molar-refractivity contribution in [3.8, 4) is 0 Å². The van der Waals surface area contributed by atoms with Gasteiger partial charge >= 0.3 is 33.3 Å². The molecule has 70 heavy (non-hydrogen) atoms. The van der Waals surface area contributed by atoms with E-state index in [1.807, 2.05) is 0 Å². The lowest BCUT2D eigenvalue weighted by Crippen LogP contribution is -2.36. The Morgan fingerprint density at radius 3 is 2.07 bits per heavy atom. The number of carbonyl (C=O) groups excluding carboxylic acids is 2. The quantitative estimate of drug-likeness (QED) is 0.0135. The molecule has 0 amide bonds. The summed E-state index contributed by atoms with van der Waals surface area (Å²) in [5.41, 5.74) is 4.58. The fourth-order valence-corrected chi connectivity index (χ4v) is 9.84. The summed E-state index contributed by atoms with van der Waals surface area (Å²) in [6, 6.07) is 1.24. The third-order valence-electron chi connectivity index (χ3n) is 12.2. The fourth-order valence-electron chi connectivity index (χ4n) is 7.73. The van der Waals surface area contributed by atoms with Gasteiger partial charge in [-0.3, -0.25) is 23.2 Å². The third kappa shape index (κ3) is 26.6. The lowest BCUT2D eigenvalue weighted by Gasteiger charge is -2.21. The molecule has 2 saturated heterocycles. The highest BCUT2D eigenvalue weighted by Gasteiger charge is 2.46. The molecular formula is C49H83N3O16P2. The van der Waals surface area contributed by atoms with Crippen LogP contribution in [0.5, 0.6) is 0 Å². The average Bonchev–Trinajstić information content (AvgIpc) is 4.00. The van der Waals surface area contributed by atoms with Crippen LogP contribution in [0.1, 0.15) is 175 Å². The lowest BCUT2D eigenvalue weighted by molar-refractivity contribution is -0.161. The van der Waals surface area contributed by atoms with Crippen LogP contribution in [0.15, 0.2) is 53.5 Å². The van der Waals surface area contributed by atoms with Crippen LogP contribution in [0.25, 0.3) is 0 Å². The van der Waals surface area contributed by atoms with Crippen molar-refractivity contribution < 1.29 is 71.0 Å². The largest absolute Gasteiger partial charge is 0.481 e. The van der Waals surface area contributed by atoms with Crippen LogP contribution in [0.2, 0.25) is 0 Å². The minimum atomic E-state index is -5.44. The van der Waals surface area contributed by atoms with E-state index in [4.69, 9.17) is 33.7 Å². The number of hydrogen-bond donors (Lipinski definition) is 5. The van der Waals surface area contributed by atoms with Crippen LogP contribution < -0.4 is 11.4 Å². The first kappa shape index (κ1) is 61.2. The molecule has 10 atom stereocenters. The smallest absolute Gasteiger partial charge is 0.462 e. The summed E-state index contributed by atoms with van der Waals surface area (Å²) in [6.45, 7) is 4.38. The van der Waals surface area contributed by atoms with Crippen LogP contribution in [-0.2, 0) is 51.0 Å². The molecule has 0 spiro atoms. The molecule has 1 aromatic heterocycles. The number of allylic oxidation sites excluding steroid dienone is 5. The number of rotatable bonds is 40. The summed E-state index contributed by atoms with van der Waals surface area (Å²) in [6.07, 6.45) is 28.2. The van der Waals surface area contributed by atoms with E-state index in [-0.39, 0.29) is 30.9 Å². The van der Waals surface area contributed by atoms with E-state index in [1.54, 1.807) is 0 Å². The second-order valence-corrected chi connectivity index (χ2v) is 21.3. The zero-order chi connectivity index (χ0) is 51.2. The first-order chi connectivity index (χ1) is 33.5. The van der Waals surface area contributed by atoms with Crippen molar-refractivity contribution >= 4 is 33.4 Å². The van der Waals surface area contributed by atoms with Crippen molar-refractivity contribution in [1.82, 2.24) is 9.55 Å². The number of phosphoric ester groups is 2. The van der Waals surface area contributed by atoms with Gasteiger partial charge in [0.25, 0.3) is 0 Å². The second kappa shape index (κ2) is 34.4. The first-order valence-corrected chi connectivity index (χ1v) is 28.5. The number of nitrogens with two attached hydrogens (primary N) is 1. The molecule has 2 aliphatic heterocycles. The minimum Gasteiger partial charge on any atom is -0.462 e. The molecule has 2 aliphatic rings. The molecule has 2 fully saturated rings. The Balaban J connectivity index is 1.43. The maximum Gasteiger partial charge on any atom is 0.481 e. The van der Waals surface area contributed by atoms with Gasteiger partial charge in [0.2, 0.25) is 0 Å². The van der Waals surface area contributed by atoms with E-state index in [2.05, 4.69) is 66.5 Å². The summed E-state index contributed by atoms with van der Waals surface area (Å²) < 4.78 is 62.6. The van der Waals surface area contributed by atoms with Crippen molar-refractivity contribution in [1.29, 1.82) is 0 Å². The summed E-state index contributed by atoms with van der Waals surface area (Å²) in [4.78, 5) is 62.0. The number of esters is 2. The van der Waals surface area contributed by atoms with Gasteiger partial charge in [-0.25, -0.2) is 13.9 Å². The van der Waals surface area contributed by atoms with Crippen molar-refractivity contribution in [3.05, 3.63) is 59.2 Å². The maximum atomic E-state index is 12.9. The van der Waals surface area contributed by atoms with Gasteiger partial charge in [-0.2, -0.15) is 9.29 Å². The minimum absolute atomic E-state index is 0.00506. The van der Waals surface area contributed by atoms with Crippen LogP contribution in [0.3, 0.4) is 0 Å². The third-order valence-corrected chi connectivity index (χ3v) is 14.8. The Kier molecular flexibility index (Phi) is 30.1. The van der Waals surface area contributed by atoms with Crippen molar-refractivity contribution in [2.75, 3.05) is 25.6 Å². The number of ether oxygens (including phenoxy) is 4. The molecular weight excluding hydrogens is 948 g/mol. The highest BCUT2D eigenvalue weighted by molar-refractivity contribution is 7.61. The van der Waals surface area contributed by atoms with Gasteiger partial charge in [0.15, 0.2) is 12.3 Å². The molecule has 6 N–H and O–H groups in total. The predicted molar refractivity (Wildman–Crippen MR) is 265 cm³/mol. The van der Waals surface area contributed by atoms with Gasteiger partial charge in [-0.15, -0.1) is 0 Å². The van der Waals surface area contributed by atoms with Gasteiger partial charge in [-0.05, 0) is 63.4 Å². The molecule has 3 rings (SSSR count). The molecule has 0 aromatic carbocycles. The average molecular weight is 1030 g/mol. The van der Waals surface area contributed by atoms with Crippen LogP contribution in [-0.4, -0.2) is 97.9 Å². The molecule has 0 bridgehead atoms. The number of nitrogens with zero attached hydrogens (tertiary/aromatic N) is 2. The maximum absolute atomic E-state index is 12.9. The number of anilines is 1. The number of unbranched alkanes of at least 4 members (excludes halogenated alkanes) is 12. The molecule has 3 heterocycles. The van der Waals surface area contributed by atoms with Crippen molar-refractivity contribution in [3.63, 3.8) is 0 Å². The summed E-state index contributed by atoms with van der Waals surface area (Å²) in [5.74, 6) is -0.572. The van der Waals surface area contributed by atoms with E-state index in [0.29, 0.717) is 19.3 Å². The number of aliphatic hydroxyl groups excluding tert-OH is 2. The molecule has 1 aromatic rings. The normalized spacial score (nSPS) is 22.9.